The Morgan fingerprint density at radius 2 is 0.811 bits per heavy atom. The molecule has 250 valence electrons. The number of phenolic OH excluding ortho intramolecular Hbond substituents is 2. The summed E-state index contributed by atoms with van der Waals surface area (Å²) in [5, 5.41) is 32.1. The number of phenols is 2. The van der Waals surface area contributed by atoms with Gasteiger partial charge in [0, 0.05) is 31.3 Å². The van der Waals surface area contributed by atoms with Crippen molar-refractivity contribution in [1.29, 1.82) is 0 Å². The molecule has 2 nitrogen and oxygen atoms in total. The fraction of sp³-hybridized carbons (Fsp3) is 0.0204. The van der Waals surface area contributed by atoms with Crippen molar-refractivity contribution < 1.29 is 10.2 Å². The molecule has 11 rings (SSSR count). The summed E-state index contributed by atoms with van der Waals surface area (Å²) in [7, 11) is 0. The summed E-state index contributed by atoms with van der Waals surface area (Å²) in [5.74, 6) is 0.518. The van der Waals surface area contributed by atoms with Gasteiger partial charge < -0.3 is 10.2 Å². The first-order chi connectivity index (χ1) is 26.1. The van der Waals surface area contributed by atoms with Crippen molar-refractivity contribution in [1.82, 2.24) is 0 Å². The molecular formula is C49H30O2S2. The third-order valence-corrected chi connectivity index (χ3v) is 13.2. The van der Waals surface area contributed by atoms with Crippen LogP contribution in [0.3, 0.4) is 0 Å². The van der Waals surface area contributed by atoms with Gasteiger partial charge >= 0.3 is 0 Å². The Bertz CT molecular complexity index is 2900. The Kier molecular flexibility index (Phi) is 6.54. The summed E-state index contributed by atoms with van der Waals surface area (Å²) in [6.45, 7) is 0. The highest BCUT2D eigenvalue weighted by Gasteiger charge is 2.48. The van der Waals surface area contributed by atoms with Crippen molar-refractivity contribution in [2.75, 3.05) is 0 Å². The third-order valence-electron chi connectivity index (χ3n) is 11.2. The van der Waals surface area contributed by atoms with Crippen LogP contribution in [0, 0.1) is 0 Å². The minimum atomic E-state index is -0.688. The number of hydrogen-bond acceptors (Lipinski definition) is 4. The number of aromatic hydroxyl groups is 2. The van der Waals surface area contributed by atoms with E-state index in [0.717, 1.165) is 32.7 Å². The Morgan fingerprint density at radius 3 is 1.30 bits per heavy atom. The Morgan fingerprint density at radius 1 is 0.377 bits per heavy atom. The summed E-state index contributed by atoms with van der Waals surface area (Å²) < 4.78 is 2.55. The van der Waals surface area contributed by atoms with Crippen LogP contribution in [0.2, 0.25) is 0 Å². The zero-order chi connectivity index (χ0) is 35.3. The lowest BCUT2D eigenvalue weighted by molar-refractivity contribution is 0.475. The van der Waals surface area contributed by atoms with Gasteiger partial charge in [-0.05, 0) is 125 Å². The molecule has 1 aliphatic carbocycles. The second kappa shape index (κ2) is 11.4. The minimum absolute atomic E-state index is 0.259. The molecule has 53 heavy (non-hydrogen) atoms. The molecule has 0 aliphatic heterocycles. The van der Waals surface area contributed by atoms with Gasteiger partial charge in [0.1, 0.15) is 11.5 Å². The first kappa shape index (κ1) is 30.4. The first-order valence-corrected chi connectivity index (χ1v) is 19.5. The van der Waals surface area contributed by atoms with Crippen LogP contribution < -0.4 is 0 Å². The topological polar surface area (TPSA) is 40.5 Å². The van der Waals surface area contributed by atoms with E-state index in [1.807, 2.05) is 24.3 Å². The van der Waals surface area contributed by atoms with Gasteiger partial charge in [0.2, 0.25) is 0 Å². The highest BCUT2D eigenvalue weighted by atomic mass is 32.1. The van der Waals surface area contributed by atoms with E-state index >= 15 is 0 Å². The van der Waals surface area contributed by atoms with E-state index < -0.39 is 5.41 Å². The number of benzene rings is 8. The molecule has 0 atom stereocenters. The lowest BCUT2D eigenvalue weighted by Crippen LogP contribution is -2.28. The summed E-state index contributed by atoms with van der Waals surface area (Å²) in [6.07, 6.45) is 0. The number of thiophene rings is 2. The van der Waals surface area contributed by atoms with Crippen LogP contribution in [0.4, 0.5) is 0 Å². The smallest absolute Gasteiger partial charge is 0.116 e. The summed E-state index contributed by atoms with van der Waals surface area (Å²) in [4.78, 5) is 0. The van der Waals surface area contributed by atoms with Crippen LogP contribution in [0.15, 0.2) is 168 Å². The predicted octanol–water partition coefficient (Wildman–Crippen LogP) is 13.5. The molecule has 0 amide bonds. The van der Waals surface area contributed by atoms with Crippen LogP contribution in [-0.4, -0.2) is 10.2 Å². The monoisotopic (exact) mass is 714 g/mol. The highest BCUT2D eigenvalue weighted by Crippen LogP contribution is 2.61. The van der Waals surface area contributed by atoms with Crippen LogP contribution in [0.1, 0.15) is 22.3 Å². The van der Waals surface area contributed by atoms with Gasteiger partial charge in [-0.2, -0.15) is 0 Å². The molecule has 0 unspecified atom stereocenters. The van der Waals surface area contributed by atoms with Crippen molar-refractivity contribution in [3.05, 3.63) is 191 Å². The summed E-state index contributed by atoms with van der Waals surface area (Å²) in [6, 6.07) is 55.9. The van der Waals surface area contributed by atoms with E-state index in [4.69, 9.17) is 0 Å². The van der Waals surface area contributed by atoms with E-state index in [1.165, 1.54) is 64.7 Å². The molecule has 0 saturated heterocycles. The van der Waals surface area contributed by atoms with Gasteiger partial charge in [-0.1, -0.05) is 109 Å². The second-order valence-corrected chi connectivity index (χ2v) is 15.8. The van der Waals surface area contributed by atoms with Gasteiger partial charge in [-0.25, -0.2) is 0 Å². The van der Waals surface area contributed by atoms with Crippen LogP contribution >= 0.6 is 22.7 Å². The van der Waals surface area contributed by atoms with Crippen LogP contribution in [-0.2, 0) is 5.41 Å². The Hall–Kier alpha value is -6.20. The van der Waals surface area contributed by atoms with Gasteiger partial charge in [0.25, 0.3) is 0 Å². The number of rotatable bonds is 4. The van der Waals surface area contributed by atoms with Gasteiger partial charge in [0.05, 0.1) is 5.41 Å². The van der Waals surface area contributed by atoms with Crippen molar-refractivity contribution in [2.24, 2.45) is 0 Å². The number of hydrogen-bond donors (Lipinski definition) is 2. The van der Waals surface area contributed by atoms with Crippen molar-refractivity contribution in [2.45, 2.75) is 5.41 Å². The van der Waals surface area contributed by atoms with Gasteiger partial charge in [-0.15, -0.1) is 22.7 Å². The fourth-order valence-electron chi connectivity index (χ4n) is 8.96. The third kappa shape index (κ3) is 4.37. The molecule has 2 aromatic heterocycles. The predicted molar refractivity (Wildman–Crippen MR) is 224 cm³/mol. The average Bonchev–Trinajstić information content (AvgIpc) is 3.91. The first-order valence-electron chi connectivity index (χ1n) is 17.7. The van der Waals surface area contributed by atoms with Crippen LogP contribution in [0.25, 0.3) is 75.1 Å². The quantitative estimate of drug-likeness (QED) is 0.191. The Balaban J connectivity index is 1.32. The average molecular weight is 715 g/mol. The zero-order valence-corrected chi connectivity index (χ0v) is 30.0. The van der Waals surface area contributed by atoms with Gasteiger partial charge in [0.15, 0.2) is 0 Å². The normalized spacial score (nSPS) is 13.2. The molecule has 0 bridgehead atoms. The van der Waals surface area contributed by atoms with E-state index in [1.54, 1.807) is 34.8 Å². The molecule has 0 saturated carbocycles. The van der Waals surface area contributed by atoms with Crippen molar-refractivity contribution >= 4 is 64.4 Å². The number of fused-ring (bicyclic) bond motifs is 7. The highest BCUT2D eigenvalue weighted by molar-refractivity contribution is 7.18. The fourth-order valence-corrected chi connectivity index (χ4v) is 10.9. The maximum atomic E-state index is 10.4. The Labute approximate surface area is 314 Å². The standard InChI is InChI=1S/C49H30O2S2/c50-35-21-17-29-23-33(19-15-31(29)25-35)49(34-20-16-32-26-36(51)22-18-30(32)24-34)43-11-5-9-39(41-27-52-45-13-3-1-7-37(41)45)47(43)48-40(10-6-12-44(48)49)42-28-53-46-14-4-2-8-38(42)46/h1-28,50-51H. The molecular weight excluding hydrogens is 685 g/mol. The van der Waals surface area contributed by atoms with E-state index in [-0.39, 0.29) is 11.5 Å². The molecule has 2 N–H and O–H groups in total. The largest absolute Gasteiger partial charge is 0.508 e. The summed E-state index contributed by atoms with van der Waals surface area (Å²) in [5.41, 5.74) is 11.6. The minimum Gasteiger partial charge on any atom is -0.508 e. The van der Waals surface area contributed by atoms with Gasteiger partial charge in [-0.3, -0.25) is 0 Å². The molecule has 2 heterocycles. The molecule has 8 aromatic carbocycles. The van der Waals surface area contributed by atoms with Crippen molar-refractivity contribution in [3.63, 3.8) is 0 Å². The maximum Gasteiger partial charge on any atom is 0.116 e. The van der Waals surface area contributed by atoms with E-state index in [0.29, 0.717) is 0 Å². The SMILES string of the molecule is Oc1ccc2cc(C3(c4ccc5cc(O)ccc5c4)c4cccc(-c5csc6ccccc56)c4-c4c(-c5csc6ccccc56)cccc43)ccc2c1. The molecule has 0 spiro atoms. The molecule has 0 radical (unpaired) electrons. The van der Waals surface area contributed by atoms with Crippen LogP contribution in [0.5, 0.6) is 11.5 Å². The van der Waals surface area contributed by atoms with E-state index in [9.17, 15) is 10.2 Å². The lowest BCUT2D eigenvalue weighted by atomic mass is 9.67. The molecule has 1 aliphatic rings. The lowest BCUT2D eigenvalue weighted by Gasteiger charge is -2.34. The molecule has 0 fully saturated rings. The second-order valence-electron chi connectivity index (χ2n) is 14.0. The van der Waals surface area contributed by atoms with Crippen molar-refractivity contribution in [3.8, 4) is 44.9 Å². The maximum absolute atomic E-state index is 10.4. The summed E-state index contributed by atoms with van der Waals surface area (Å²) >= 11 is 3.60. The zero-order valence-electron chi connectivity index (χ0n) is 28.4. The molecule has 10 aromatic rings. The van der Waals surface area contributed by atoms with E-state index in [2.05, 4.69) is 132 Å². The molecule has 4 heteroatoms.